The van der Waals surface area contributed by atoms with Crippen LogP contribution in [0.3, 0.4) is 0 Å². The third-order valence-corrected chi connectivity index (χ3v) is 6.94. The van der Waals surface area contributed by atoms with Crippen molar-refractivity contribution >= 4 is 46.0 Å². The van der Waals surface area contributed by atoms with Crippen LogP contribution >= 0.6 is 11.6 Å². The number of ketones is 1. The number of amides is 1. The van der Waals surface area contributed by atoms with Crippen molar-refractivity contribution in [3.8, 4) is 0 Å². The number of nitrogens with zero attached hydrogens (tertiary/aromatic N) is 3. The highest BCUT2D eigenvalue weighted by atomic mass is 35.5. The maximum atomic E-state index is 13.3. The quantitative estimate of drug-likeness (QED) is 0.396. The Bertz CT molecular complexity index is 1340. The van der Waals surface area contributed by atoms with E-state index in [0.717, 1.165) is 5.56 Å². The van der Waals surface area contributed by atoms with Gasteiger partial charge in [-0.2, -0.15) is 0 Å². The van der Waals surface area contributed by atoms with Crippen LogP contribution in [0.1, 0.15) is 40.1 Å². The van der Waals surface area contributed by atoms with E-state index in [1.165, 1.54) is 24.3 Å². The lowest BCUT2D eigenvalue weighted by Gasteiger charge is -2.45. The number of carboxylic acid groups (broad SMARTS) is 1. The molecule has 0 radical (unpaired) electrons. The van der Waals surface area contributed by atoms with Gasteiger partial charge in [-0.1, -0.05) is 23.7 Å². The molecule has 0 unspecified atom stereocenters. The van der Waals surface area contributed by atoms with Crippen LogP contribution in [0.25, 0.3) is 10.9 Å². The zero-order chi connectivity index (χ0) is 25.6. The van der Waals surface area contributed by atoms with Crippen molar-refractivity contribution in [3.05, 3.63) is 63.9 Å². The summed E-state index contributed by atoms with van der Waals surface area (Å²) in [5.41, 5.74) is 6.96. The van der Waals surface area contributed by atoms with Crippen LogP contribution in [0, 0.1) is 5.82 Å². The Kier molecular flexibility index (Phi) is 6.57. The number of aliphatic carboxylic acids is 1. The van der Waals surface area contributed by atoms with E-state index in [2.05, 4.69) is 4.90 Å². The molecule has 1 fully saturated rings. The number of primary amides is 1. The molecule has 184 valence electrons. The van der Waals surface area contributed by atoms with Gasteiger partial charge in [0.05, 0.1) is 21.7 Å². The summed E-state index contributed by atoms with van der Waals surface area (Å²) in [6, 6.07) is 9.26. The number of carbonyl (C=O) groups excluding carboxylic acids is 2. The van der Waals surface area contributed by atoms with Crippen LogP contribution in [0.5, 0.6) is 0 Å². The minimum absolute atomic E-state index is 0.000186. The van der Waals surface area contributed by atoms with E-state index in [0.29, 0.717) is 36.4 Å². The van der Waals surface area contributed by atoms with E-state index in [-0.39, 0.29) is 34.1 Å². The van der Waals surface area contributed by atoms with Gasteiger partial charge in [0.25, 0.3) is 5.78 Å². The number of anilines is 1. The fourth-order valence-corrected chi connectivity index (χ4v) is 5.09. The lowest BCUT2D eigenvalue weighted by Crippen LogP contribution is -2.56. The summed E-state index contributed by atoms with van der Waals surface area (Å²) < 4.78 is 15.0. The molecule has 1 aromatic heterocycles. The molecular weight excluding hydrogens is 475 g/mol. The Hall–Kier alpha value is -3.43. The summed E-state index contributed by atoms with van der Waals surface area (Å²) in [6.07, 6.45) is 0. The molecular formula is C25H26ClFN4O4. The van der Waals surface area contributed by atoms with E-state index in [1.54, 1.807) is 23.7 Å². The maximum Gasteiger partial charge on any atom is 0.377 e. The lowest BCUT2D eigenvalue weighted by molar-refractivity contribution is -0.131. The van der Waals surface area contributed by atoms with Crippen molar-refractivity contribution < 1.29 is 23.9 Å². The number of hydrogen-bond acceptors (Lipinski definition) is 5. The monoisotopic (exact) mass is 500 g/mol. The van der Waals surface area contributed by atoms with Crippen molar-refractivity contribution in [1.82, 2.24) is 9.47 Å². The number of nitrogens with two attached hydrogens (primary N) is 1. The number of halogens is 2. The van der Waals surface area contributed by atoms with E-state index in [4.69, 9.17) is 17.3 Å². The van der Waals surface area contributed by atoms with Crippen LogP contribution < -0.4 is 10.6 Å². The number of carbonyl (C=O) groups is 3. The molecule has 0 saturated carbocycles. The van der Waals surface area contributed by atoms with Gasteiger partial charge in [-0.15, -0.1) is 0 Å². The maximum absolute atomic E-state index is 13.3. The molecule has 3 aromatic rings. The summed E-state index contributed by atoms with van der Waals surface area (Å²) in [7, 11) is 1.73. The number of Topliss-reactive ketones (excluding diaryl/α,β-unsaturated/α-hetero) is 1. The molecule has 1 saturated heterocycles. The second-order valence-electron chi connectivity index (χ2n) is 9.01. The predicted octanol–water partition coefficient (Wildman–Crippen LogP) is 3.44. The molecule has 0 spiro atoms. The first-order chi connectivity index (χ1) is 16.5. The minimum atomic E-state index is -1.59. The number of aryl methyl sites for hydroxylation is 1. The molecule has 0 aliphatic carbocycles. The van der Waals surface area contributed by atoms with Crippen molar-refractivity contribution in [2.45, 2.75) is 32.5 Å². The van der Waals surface area contributed by atoms with Gasteiger partial charge in [0.15, 0.2) is 0 Å². The van der Waals surface area contributed by atoms with Gasteiger partial charge in [0.2, 0.25) is 5.91 Å². The molecule has 35 heavy (non-hydrogen) atoms. The summed E-state index contributed by atoms with van der Waals surface area (Å²) in [6.45, 7) is 5.83. The zero-order valence-electron chi connectivity index (χ0n) is 19.6. The molecule has 2 aromatic carbocycles. The van der Waals surface area contributed by atoms with Crippen LogP contribution in [0.4, 0.5) is 10.2 Å². The van der Waals surface area contributed by atoms with E-state index in [1.807, 2.05) is 18.7 Å². The molecule has 0 bridgehead atoms. The van der Waals surface area contributed by atoms with E-state index < -0.39 is 17.7 Å². The first-order valence-electron chi connectivity index (χ1n) is 11.1. The molecule has 4 rings (SSSR count). The number of rotatable bonds is 6. The largest absolute Gasteiger partial charge is 0.475 e. The first kappa shape index (κ1) is 24.7. The summed E-state index contributed by atoms with van der Waals surface area (Å²) >= 11 is 6.26. The average Bonchev–Trinajstić information content (AvgIpc) is 3.07. The summed E-state index contributed by atoms with van der Waals surface area (Å²) in [4.78, 5) is 40.8. The smallest absolute Gasteiger partial charge is 0.377 e. The SMILES string of the molecule is C[C@@H]1CN(Cc2ccc(F)cc2)[C@@H](C)CN1c1c(C(=O)C(=O)O)c2cc(C(N)=O)c(Cl)cc2n1C. The van der Waals surface area contributed by atoms with Gasteiger partial charge in [0, 0.05) is 44.2 Å². The number of fused-ring (bicyclic) bond motifs is 1. The van der Waals surface area contributed by atoms with Gasteiger partial charge in [-0.25, -0.2) is 9.18 Å². The minimum Gasteiger partial charge on any atom is -0.475 e. The zero-order valence-corrected chi connectivity index (χ0v) is 20.3. The molecule has 1 aliphatic rings. The molecule has 2 atom stereocenters. The lowest BCUT2D eigenvalue weighted by atomic mass is 10.0. The Morgan fingerprint density at radius 2 is 1.77 bits per heavy atom. The predicted molar refractivity (Wildman–Crippen MR) is 131 cm³/mol. The number of aromatic nitrogens is 1. The third kappa shape index (κ3) is 4.49. The van der Waals surface area contributed by atoms with Gasteiger partial charge >= 0.3 is 5.97 Å². The van der Waals surface area contributed by atoms with Gasteiger partial charge in [-0.3, -0.25) is 14.5 Å². The van der Waals surface area contributed by atoms with Crippen LogP contribution in [-0.2, 0) is 18.4 Å². The standard InChI is InChI=1S/C25H26ClFN4O4/c1-13-11-31(14(2)10-30(13)12-15-4-6-16(27)7-5-15)24-21(22(32)25(34)35)18-8-17(23(28)33)19(26)9-20(18)29(24)3/h4-9,13-14H,10-12H2,1-3H3,(H2,28,33)(H,34,35)/t13-,14+/m0/s1. The molecule has 1 aliphatic heterocycles. The second kappa shape index (κ2) is 9.31. The Balaban J connectivity index is 1.77. The average molecular weight is 501 g/mol. The van der Waals surface area contributed by atoms with Crippen LogP contribution in [0.15, 0.2) is 36.4 Å². The third-order valence-electron chi connectivity index (χ3n) is 6.63. The molecule has 10 heteroatoms. The highest BCUT2D eigenvalue weighted by Gasteiger charge is 2.36. The topological polar surface area (TPSA) is 109 Å². The van der Waals surface area contributed by atoms with Crippen LogP contribution in [0.2, 0.25) is 5.02 Å². The number of benzene rings is 2. The molecule has 3 N–H and O–H groups in total. The Labute approximate surface area is 206 Å². The number of hydrogen-bond donors (Lipinski definition) is 2. The molecule has 2 heterocycles. The fraction of sp³-hybridized carbons (Fsp3) is 0.320. The van der Waals surface area contributed by atoms with Gasteiger partial charge in [-0.05, 0) is 43.7 Å². The summed E-state index contributed by atoms with van der Waals surface area (Å²) in [5, 5.41) is 10.0. The van der Waals surface area contributed by atoms with Crippen LogP contribution in [-0.4, -0.2) is 57.4 Å². The van der Waals surface area contributed by atoms with E-state index in [9.17, 15) is 23.9 Å². The Morgan fingerprint density at radius 1 is 1.11 bits per heavy atom. The second-order valence-corrected chi connectivity index (χ2v) is 9.42. The fourth-order valence-electron chi connectivity index (χ4n) is 4.84. The Morgan fingerprint density at radius 3 is 2.37 bits per heavy atom. The highest BCUT2D eigenvalue weighted by molar-refractivity contribution is 6.44. The normalized spacial score (nSPS) is 18.7. The number of piperazine rings is 1. The first-order valence-corrected chi connectivity index (χ1v) is 11.5. The number of carboxylic acids is 1. The van der Waals surface area contributed by atoms with Crippen molar-refractivity contribution in [3.63, 3.8) is 0 Å². The highest BCUT2D eigenvalue weighted by Crippen LogP contribution is 2.38. The van der Waals surface area contributed by atoms with Crippen molar-refractivity contribution in [1.29, 1.82) is 0 Å². The molecule has 1 amide bonds. The summed E-state index contributed by atoms with van der Waals surface area (Å²) in [5.74, 6) is -3.27. The van der Waals surface area contributed by atoms with Gasteiger partial charge in [0.1, 0.15) is 11.6 Å². The van der Waals surface area contributed by atoms with Gasteiger partial charge < -0.3 is 20.3 Å². The van der Waals surface area contributed by atoms with Crippen molar-refractivity contribution in [2.75, 3.05) is 18.0 Å². The van der Waals surface area contributed by atoms with Crippen molar-refractivity contribution in [2.24, 2.45) is 12.8 Å². The van der Waals surface area contributed by atoms with E-state index >= 15 is 0 Å². The molecule has 8 nitrogen and oxygen atoms in total.